The molecule has 0 N–H and O–H groups in total. The van der Waals surface area contributed by atoms with Crippen LogP contribution in [0.4, 0.5) is 0 Å². The second-order valence-corrected chi connectivity index (χ2v) is 15.2. The van der Waals surface area contributed by atoms with Gasteiger partial charge in [-0.3, -0.25) is 0 Å². The lowest BCUT2D eigenvalue weighted by Gasteiger charge is -2.37. The van der Waals surface area contributed by atoms with E-state index in [-0.39, 0.29) is 22.1 Å². The van der Waals surface area contributed by atoms with Gasteiger partial charge in [0, 0.05) is 43.1 Å². The maximum absolute atomic E-state index is 10.0. The van der Waals surface area contributed by atoms with Crippen molar-refractivity contribution in [2.75, 3.05) is 26.2 Å². The summed E-state index contributed by atoms with van der Waals surface area (Å²) in [6, 6.07) is 10.8. The van der Waals surface area contributed by atoms with E-state index in [0.29, 0.717) is 47.0 Å². The van der Waals surface area contributed by atoms with E-state index >= 15 is 0 Å². The van der Waals surface area contributed by atoms with E-state index in [0.717, 1.165) is 63.3 Å². The minimum atomic E-state index is -0.0975. The van der Waals surface area contributed by atoms with Gasteiger partial charge in [-0.2, -0.15) is 21.0 Å². The second kappa shape index (κ2) is 14.7. The number of unbranched alkanes of at least 4 members (excludes halogenated alkanes) is 3. The van der Waals surface area contributed by atoms with Gasteiger partial charge >= 0.3 is 0 Å². The quantitative estimate of drug-likeness (QED) is 0.145. The van der Waals surface area contributed by atoms with Crippen LogP contribution in [0.2, 0.25) is 0 Å². The van der Waals surface area contributed by atoms with Crippen LogP contribution in [0.25, 0.3) is 4.85 Å². The highest BCUT2D eigenvalue weighted by Gasteiger charge is 2.38. The number of hydrogen-bond acceptors (Lipinski definition) is 7. The lowest BCUT2D eigenvalue weighted by Crippen LogP contribution is -2.30. The molecule has 0 bridgehead atoms. The molecule has 0 aromatic rings. The third-order valence-electron chi connectivity index (χ3n) is 10.3. The monoisotopic (exact) mass is 614 g/mol. The minimum absolute atomic E-state index is 0.0564. The standard InChI is InChI=1S/C38H46N8/c1-37(2)16-30(29(20-39)21-40)32(22-41)35(18-37)45-14-12-27(25-45)10-8-6-7-9-11-28-13-15-46(26-28)36-19-38(3,4)17-31(33(36)23-42)34(24-43)44-5/h27-28H,6-19,25-26H2,1-4H3/b34-31+. The van der Waals surface area contributed by atoms with Crippen LogP contribution >= 0.6 is 0 Å². The first-order valence-corrected chi connectivity index (χ1v) is 16.8. The van der Waals surface area contributed by atoms with Gasteiger partial charge in [-0.25, -0.2) is 10.1 Å². The minimum Gasteiger partial charge on any atom is -0.373 e. The third-order valence-corrected chi connectivity index (χ3v) is 10.3. The normalized spacial score (nSPS) is 24.8. The van der Waals surface area contributed by atoms with Gasteiger partial charge in [0.2, 0.25) is 0 Å². The first-order valence-electron chi connectivity index (χ1n) is 16.8. The van der Waals surface area contributed by atoms with Gasteiger partial charge in [0.05, 0.1) is 29.9 Å². The molecule has 2 aliphatic heterocycles. The Bertz CT molecular complexity index is 1440. The number of nitrogens with zero attached hydrogens (tertiary/aromatic N) is 8. The summed E-state index contributed by atoms with van der Waals surface area (Å²) in [7, 11) is 0. The van der Waals surface area contributed by atoms with Gasteiger partial charge in [0.15, 0.2) is 0 Å². The van der Waals surface area contributed by atoms with Crippen LogP contribution in [-0.2, 0) is 0 Å². The summed E-state index contributed by atoms with van der Waals surface area (Å²) < 4.78 is 0. The summed E-state index contributed by atoms with van der Waals surface area (Å²) in [4.78, 5) is 8.15. The molecule has 0 amide bonds. The molecule has 0 aromatic carbocycles. The molecule has 0 radical (unpaired) electrons. The zero-order chi connectivity index (χ0) is 33.5. The van der Waals surface area contributed by atoms with Crippen LogP contribution in [0.3, 0.4) is 0 Å². The van der Waals surface area contributed by atoms with E-state index < -0.39 is 0 Å². The lowest BCUT2D eigenvalue weighted by atomic mass is 9.72. The van der Waals surface area contributed by atoms with Crippen molar-refractivity contribution in [1.82, 2.24) is 9.80 Å². The molecule has 2 unspecified atom stereocenters. The fraction of sp³-hybridized carbons (Fsp3) is 0.632. The van der Waals surface area contributed by atoms with Gasteiger partial charge in [0.1, 0.15) is 23.8 Å². The Kier molecular flexibility index (Phi) is 11.0. The van der Waals surface area contributed by atoms with Crippen LogP contribution in [0, 0.1) is 85.9 Å². The largest absolute Gasteiger partial charge is 0.373 e. The third kappa shape index (κ3) is 7.83. The van der Waals surface area contributed by atoms with Crippen LogP contribution < -0.4 is 0 Å². The number of rotatable bonds is 9. The van der Waals surface area contributed by atoms with E-state index in [1.807, 2.05) is 18.2 Å². The molecule has 8 heteroatoms. The predicted octanol–water partition coefficient (Wildman–Crippen LogP) is 8.21. The molecule has 0 saturated carbocycles. The molecule has 46 heavy (non-hydrogen) atoms. The topological polar surface area (TPSA) is 130 Å². The second-order valence-electron chi connectivity index (χ2n) is 15.2. The predicted molar refractivity (Wildman–Crippen MR) is 176 cm³/mol. The van der Waals surface area contributed by atoms with Gasteiger partial charge in [-0.1, -0.05) is 53.4 Å². The van der Waals surface area contributed by atoms with Crippen LogP contribution in [0.15, 0.2) is 45.0 Å². The molecular formula is C38H46N8. The Morgan fingerprint density at radius 2 is 1.15 bits per heavy atom. The first-order chi connectivity index (χ1) is 22.0. The van der Waals surface area contributed by atoms with Gasteiger partial charge in [-0.05, 0) is 79.6 Å². The molecular weight excluding hydrogens is 568 g/mol. The smallest absolute Gasteiger partial charge is 0.266 e. The Morgan fingerprint density at radius 3 is 1.57 bits per heavy atom. The summed E-state index contributed by atoms with van der Waals surface area (Å²) in [6.45, 7) is 19.8. The summed E-state index contributed by atoms with van der Waals surface area (Å²) in [5.74, 6) is 1.21. The number of hydrogen-bond donors (Lipinski definition) is 0. The lowest BCUT2D eigenvalue weighted by molar-refractivity contribution is 0.280. The van der Waals surface area contributed by atoms with E-state index in [9.17, 15) is 26.3 Å². The van der Waals surface area contributed by atoms with Crippen molar-refractivity contribution in [2.24, 2.45) is 22.7 Å². The summed E-state index contributed by atoms with van der Waals surface area (Å²) in [5.41, 5.74) is 4.32. The number of allylic oxidation sites excluding steroid dienone is 8. The molecule has 0 spiro atoms. The SMILES string of the molecule is [C-]#[N+]/C(C#N)=C1\CC(C)(C)CC(N2CCC(CCCCCCC3CCN(C4=C(C#N)C(=C(C#N)C#N)CC(C)(C)C4)C3)C2)=C1C#N. The average Bonchev–Trinajstić information content (AvgIpc) is 3.69. The number of likely N-dealkylation sites (tertiary alicyclic amines) is 2. The van der Waals surface area contributed by atoms with Crippen molar-refractivity contribution in [3.8, 4) is 30.3 Å². The van der Waals surface area contributed by atoms with E-state index in [4.69, 9.17) is 6.57 Å². The zero-order valence-corrected chi connectivity index (χ0v) is 28.0. The Hall–Kier alpha value is -4.50. The zero-order valence-electron chi connectivity index (χ0n) is 28.0. The maximum atomic E-state index is 10.0. The molecule has 2 fully saturated rings. The van der Waals surface area contributed by atoms with E-state index in [2.05, 4.69) is 54.5 Å². The molecule has 4 rings (SSSR count). The van der Waals surface area contributed by atoms with Crippen molar-refractivity contribution in [1.29, 1.82) is 26.3 Å². The molecule has 238 valence electrons. The fourth-order valence-corrected chi connectivity index (χ4v) is 8.08. The molecule has 0 aromatic heterocycles. The van der Waals surface area contributed by atoms with Crippen molar-refractivity contribution in [2.45, 2.75) is 105 Å². The summed E-state index contributed by atoms with van der Waals surface area (Å²) in [6.07, 6.45) is 12.2. The van der Waals surface area contributed by atoms with Crippen molar-refractivity contribution in [3.05, 3.63) is 56.4 Å². The molecule has 8 nitrogen and oxygen atoms in total. The summed E-state index contributed by atoms with van der Waals surface area (Å²) >= 11 is 0. The van der Waals surface area contributed by atoms with Crippen LogP contribution in [0.1, 0.15) is 105 Å². The molecule has 2 atom stereocenters. The Morgan fingerprint density at radius 1 is 0.696 bits per heavy atom. The van der Waals surface area contributed by atoms with Gasteiger partial charge in [-0.15, -0.1) is 0 Å². The highest BCUT2D eigenvalue weighted by Crippen LogP contribution is 2.46. The van der Waals surface area contributed by atoms with Crippen molar-refractivity contribution < 1.29 is 0 Å². The van der Waals surface area contributed by atoms with Crippen molar-refractivity contribution >= 4 is 0 Å². The van der Waals surface area contributed by atoms with Gasteiger partial charge in [0.25, 0.3) is 5.70 Å². The number of nitriles is 5. The van der Waals surface area contributed by atoms with E-state index in [1.165, 1.54) is 38.5 Å². The molecule has 2 heterocycles. The highest BCUT2D eigenvalue weighted by molar-refractivity contribution is 5.57. The van der Waals surface area contributed by atoms with E-state index in [1.54, 1.807) is 0 Å². The maximum Gasteiger partial charge on any atom is 0.266 e. The van der Waals surface area contributed by atoms with Gasteiger partial charge < -0.3 is 9.80 Å². The highest BCUT2D eigenvalue weighted by atomic mass is 15.2. The Balaban J connectivity index is 1.25. The fourth-order valence-electron chi connectivity index (χ4n) is 8.08. The van der Waals surface area contributed by atoms with Crippen LogP contribution in [0.5, 0.6) is 0 Å². The molecule has 2 saturated heterocycles. The first kappa shape index (κ1) is 34.4. The molecule has 2 aliphatic carbocycles. The summed E-state index contributed by atoms with van der Waals surface area (Å²) in [5, 5.41) is 48.6. The van der Waals surface area contributed by atoms with Crippen LogP contribution in [-0.4, -0.2) is 36.0 Å². The average molecular weight is 615 g/mol. The molecule has 4 aliphatic rings. The van der Waals surface area contributed by atoms with Crippen molar-refractivity contribution in [3.63, 3.8) is 0 Å². The Labute approximate surface area is 276 Å².